The second kappa shape index (κ2) is 4.59. The molecule has 114 valence electrons. The van der Waals surface area contributed by atoms with Crippen LogP contribution in [0.2, 0.25) is 0 Å². The van der Waals surface area contributed by atoms with Gasteiger partial charge in [-0.2, -0.15) is 0 Å². The number of aliphatic carboxylic acids is 1. The Morgan fingerprint density at radius 1 is 1.27 bits per heavy atom. The number of aromatic hydroxyl groups is 2. The Labute approximate surface area is 124 Å². The summed E-state index contributed by atoms with van der Waals surface area (Å²) in [7, 11) is 0. The number of carbonyl (C=O) groups is 3. The summed E-state index contributed by atoms with van der Waals surface area (Å²) in [5.41, 5.74) is -0.799. The van der Waals surface area contributed by atoms with Gasteiger partial charge >= 0.3 is 5.97 Å². The molecule has 0 amide bonds. The average molecular weight is 304 g/mol. The van der Waals surface area contributed by atoms with Crippen LogP contribution in [0.4, 0.5) is 0 Å². The molecule has 0 saturated carbocycles. The predicted octanol–water partition coefficient (Wildman–Crippen LogP) is 1.02. The van der Waals surface area contributed by atoms with Crippen molar-refractivity contribution >= 4 is 23.1 Å². The van der Waals surface area contributed by atoms with Crippen LogP contribution >= 0.6 is 0 Å². The molecule has 0 aromatic heterocycles. The zero-order valence-corrected chi connectivity index (χ0v) is 11.3. The number of carboxylic acid groups (broad SMARTS) is 1. The van der Waals surface area contributed by atoms with Gasteiger partial charge in [-0.25, -0.2) is 0 Å². The fourth-order valence-electron chi connectivity index (χ4n) is 2.91. The Bertz CT molecular complexity index is 747. The number of rotatable bonds is 3. The second-order valence-electron chi connectivity index (χ2n) is 5.35. The van der Waals surface area contributed by atoms with E-state index in [0.29, 0.717) is 0 Å². The van der Waals surface area contributed by atoms with E-state index in [1.54, 1.807) is 0 Å². The number of ketones is 2. The van der Waals surface area contributed by atoms with Gasteiger partial charge in [0.05, 0.1) is 12.0 Å². The molecule has 22 heavy (non-hydrogen) atoms. The Morgan fingerprint density at radius 3 is 2.68 bits per heavy atom. The molecular weight excluding hydrogens is 292 g/mol. The van der Waals surface area contributed by atoms with Crippen LogP contribution in [0, 0.1) is 0 Å². The number of carboxylic acids is 1. The van der Waals surface area contributed by atoms with E-state index in [0.717, 1.165) is 12.1 Å². The van der Waals surface area contributed by atoms with Crippen molar-refractivity contribution in [3.05, 3.63) is 23.8 Å². The Hall–Kier alpha value is -2.83. The molecule has 0 spiro atoms. The summed E-state index contributed by atoms with van der Waals surface area (Å²) < 4.78 is 5.70. The number of fused-ring (bicyclic) bond motifs is 3. The highest BCUT2D eigenvalue weighted by Crippen LogP contribution is 2.54. The third kappa shape index (κ3) is 2.02. The summed E-state index contributed by atoms with van der Waals surface area (Å²) in [5.74, 6) is -2.86. The van der Waals surface area contributed by atoms with Crippen molar-refractivity contribution in [1.82, 2.24) is 0 Å². The number of hydrogen-bond acceptors (Lipinski definition) is 6. The van der Waals surface area contributed by atoms with Crippen LogP contribution in [0.1, 0.15) is 24.8 Å². The molecule has 1 aliphatic carbocycles. The second-order valence-corrected chi connectivity index (χ2v) is 5.35. The van der Waals surface area contributed by atoms with E-state index in [2.05, 4.69) is 0 Å². The lowest BCUT2D eigenvalue weighted by Crippen LogP contribution is -2.41. The van der Waals surface area contributed by atoms with Gasteiger partial charge in [-0.15, -0.1) is 0 Å². The van der Waals surface area contributed by atoms with Gasteiger partial charge in [0, 0.05) is 30.5 Å². The molecule has 1 heterocycles. The van der Waals surface area contributed by atoms with Crippen molar-refractivity contribution in [2.45, 2.75) is 24.9 Å². The first-order valence-corrected chi connectivity index (χ1v) is 6.59. The Balaban J connectivity index is 2.14. The van der Waals surface area contributed by atoms with Gasteiger partial charge in [0.25, 0.3) is 0 Å². The fraction of sp³-hybridized carbons (Fsp3) is 0.267. The van der Waals surface area contributed by atoms with Crippen molar-refractivity contribution in [1.29, 1.82) is 0 Å². The number of Topliss-reactive ketones (excluding diaryl/α,β-unsaturated/α-hetero) is 1. The maximum atomic E-state index is 11.8. The highest BCUT2D eigenvalue weighted by molar-refractivity contribution is 6.44. The molecule has 0 saturated heterocycles. The van der Waals surface area contributed by atoms with Crippen LogP contribution < -0.4 is 4.74 Å². The maximum Gasteiger partial charge on any atom is 0.303 e. The number of phenolic OH excluding ortho intramolecular Hbond substituents is 2. The summed E-state index contributed by atoms with van der Waals surface area (Å²) >= 11 is 0. The standard InChI is InChI=1S/C15H12O7/c16-7-3-10(18)14-8-5-9(17)11(19)6-15(8,2-1-13(20)21)22-12(14)4-7/h3-5,16,18H,1-2,6H2,(H,20,21). The molecule has 0 bridgehead atoms. The van der Waals surface area contributed by atoms with E-state index in [1.807, 2.05) is 0 Å². The van der Waals surface area contributed by atoms with E-state index in [-0.39, 0.29) is 47.6 Å². The molecule has 7 heteroatoms. The summed E-state index contributed by atoms with van der Waals surface area (Å²) in [6.07, 6.45) is 0.498. The molecule has 1 aliphatic heterocycles. The molecule has 7 nitrogen and oxygen atoms in total. The van der Waals surface area contributed by atoms with Gasteiger partial charge in [0.2, 0.25) is 11.6 Å². The smallest absolute Gasteiger partial charge is 0.303 e. The van der Waals surface area contributed by atoms with Crippen molar-refractivity contribution in [3.8, 4) is 17.2 Å². The van der Waals surface area contributed by atoms with Gasteiger partial charge < -0.3 is 20.1 Å². The van der Waals surface area contributed by atoms with Gasteiger partial charge in [0.15, 0.2) is 0 Å². The number of ether oxygens (including phenoxy) is 1. The van der Waals surface area contributed by atoms with Crippen molar-refractivity contribution in [3.63, 3.8) is 0 Å². The van der Waals surface area contributed by atoms with E-state index < -0.39 is 23.1 Å². The summed E-state index contributed by atoms with van der Waals surface area (Å²) in [4.78, 5) is 34.3. The van der Waals surface area contributed by atoms with E-state index in [9.17, 15) is 24.6 Å². The monoisotopic (exact) mass is 304 g/mol. The van der Waals surface area contributed by atoms with Crippen molar-refractivity contribution in [2.75, 3.05) is 0 Å². The van der Waals surface area contributed by atoms with E-state index in [1.165, 1.54) is 6.07 Å². The molecule has 0 radical (unpaired) electrons. The average Bonchev–Trinajstić information content (AvgIpc) is 2.71. The highest BCUT2D eigenvalue weighted by atomic mass is 16.5. The highest BCUT2D eigenvalue weighted by Gasteiger charge is 2.50. The molecular formula is C15H12O7. The molecule has 2 aliphatic rings. The Morgan fingerprint density at radius 2 is 2.00 bits per heavy atom. The molecule has 1 aromatic carbocycles. The van der Waals surface area contributed by atoms with Crippen LogP contribution in [0.5, 0.6) is 17.2 Å². The van der Waals surface area contributed by atoms with Crippen LogP contribution in [0.15, 0.2) is 18.2 Å². The quantitative estimate of drug-likeness (QED) is 0.713. The normalized spacial score (nSPS) is 22.6. The first-order chi connectivity index (χ1) is 10.3. The van der Waals surface area contributed by atoms with Crippen molar-refractivity contribution in [2.24, 2.45) is 0 Å². The lowest BCUT2D eigenvalue weighted by Gasteiger charge is -2.31. The minimum atomic E-state index is -1.29. The predicted molar refractivity (Wildman–Crippen MR) is 72.6 cm³/mol. The van der Waals surface area contributed by atoms with Crippen LogP contribution in [0.3, 0.4) is 0 Å². The Kier molecular flexibility index (Phi) is 2.94. The lowest BCUT2D eigenvalue weighted by atomic mass is 9.77. The number of benzene rings is 1. The van der Waals surface area contributed by atoms with Crippen molar-refractivity contribution < 1.29 is 34.4 Å². The number of phenols is 2. The van der Waals surface area contributed by atoms with Crippen LogP contribution in [-0.4, -0.2) is 38.5 Å². The first kappa shape index (κ1) is 14.1. The molecule has 0 fully saturated rings. The minimum Gasteiger partial charge on any atom is -0.508 e. The third-order valence-corrected chi connectivity index (χ3v) is 3.87. The van der Waals surface area contributed by atoms with Gasteiger partial charge in [-0.05, 0) is 6.08 Å². The molecule has 1 aromatic rings. The number of allylic oxidation sites excluding steroid dienone is 1. The first-order valence-electron chi connectivity index (χ1n) is 6.59. The fourth-order valence-corrected chi connectivity index (χ4v) is 2.91. The molecule has 1 atom stereocenters. The third-order valence-electron chi connectivity index (χ3n) is 3.87. The molecule has 1 unspecified atom stereocenters. The van der Waals surface area contributed by atoms with Gasteiger partial charge in [0.1, 0.15) is 22.8 Å². The molecule has 3 N–H and O–H groups in total. The van der Waals surface area contributed by atoms with Crippen LogP contribution in [-0.2, 0) is 14.4 Å². The number of hydrogen-bond donors (Lipinski definition) is 3. The van der Waals surface area contributed by atoms with Crippen LogP contribution in [0.25, 0.3) is 5.57 Å². The lowest BCUT2D eigenvalue weighted by molar-refractivity contribution is -0.139. The summed E-state index contributed by atoms with van der Waals surface area (Å²) in [6, 6.07) is 2.35. The van der Waals surface area contributed by atoms with Gasteiger partial charge in [-0.3, -0.25) is 14.4 Å². The zero-order valence-electron chi connectivity index (χ0n) is 11.3. The zero-order chi connectivity index (χ0) is 16.1. The maximum absolute atomic E-state index is 11.8. The topological polar surface area (TPSA) is 121 Å². The minimum absolute atomic E-state index is 0.0257. The number of carbonyl (C=O) groups excluding carboxylic acids is 2. The van der Waals surface area contributed by atoms with E-state index in [4.69, 9.17) is 9.84 Å². The summed E-state index contributed by atoms with van der Waals surface area (Å²) in [6.45, 7) is 0. The molecule has 3 rings (SSSR count). The van der Waals surface area contributed by atoms with Gasteiger partial charge in [-0.1, -0.05) is 0 Å². The largest absolute Gasteiger partial charge is 0.508 e. The SMILES string of the molecule is O=C(O)CCC12CC(=O)C(=O)C=C1c1c(O)cc(O)cc1O2. The van der Waals surface area contributed by atoms with E-state index >= 15 is 0 Å². The summed E-state index contributed by atoms with van der Waals surface area (Å²) in [5, 5.41) is 28.4.